The van der Waals surface area contributed by atoms with Gasteiger partial charge in [0.05, 0.1) is 11.7 Å². The van der Waals surface area contributed by atoms with Crippen LogP contribution in [0, 0.1) is 23.7 Å². The van der Waals surface area contributed by atoms with Gasteiger partial charge in [0.15, 0.2) is 6.61 Å². The highest BCUT2D eigenvalue weighted by Crippen LogP contribution is 2.54. The summed E-state index contributed by atoms with van der Waals surface area (Å²) in [5.41, 5.74) is 8.13. The molecule has 5 aliphatic rings. The fourth-order valence-electron chi connectivity index (χ4n) is 5.78. The lowest BCUT2D eigenvalue weighted by Crippen LogP contribution is -2.47. The summed E-state index contributed by atoms with van der Waals surface area (Å²) in [6.07, 6.45) is 7.18. The summed E-state index contributed by atoms with van der Waals surface area (Å²) in [7, 11) is 0. The van der Waals surface area contributed by atoms with Gasteiger partial charge in [0.25, 0.3) is 0 Å². The minimum atomic E-state index is 0.439. The molecule has 4 bridgehead atoms. The molecular formula is C22H28N4O. The lowest BCUT2D eigenvalue weighted by Gasteiger charge is -2.53. The van der Waals surface area contributed by atoms with Crippen LogP contribution in [0.3, 0.4) is 0 Å². The highest BCUT2D eigenvalue weighted by molar-refractivity contribution is 6.42. The van der Waals surface area contributed by atoms with Gasteiger partial charge >= 0.3 is 0 Å². The van der Waals surface area contributed by atoms with Crippen LogP contribution in [0.4, 0.5) is 5.69 Å². The standard InChI is InChI=1S/C22H28N4O/c1-13(23-22-18-8-15-7-16(10-18)11-19(22)9-15)17-3-5-20(6-4-17)24-25-21-12-27-26-14(21)2/h3-6,15-16,18-19,22,24H,7-12H2,1-2H3/b23-13?,25-21-. The number of hydrogen-bond acceptors (Lipinski definition) is 5. The average molecular weight is 364 g/mol. The van der Waals surface area contributed by atoms with E-state index in [0.717, 1.165) is 40.8 Å². The van der Waals surface area contributed by atoms with Gasteiger partial charge in [-0.15, -0.1) is 0 Å². The monoisotopic (exact) mass is 364 g/mol. The Labute approximate surface area is 161 Å². The molecule has 1 N–H and O–H groups in total. The van der Waals surface area contributed by atoms with Gasteiger partial charge in [0.1, 0.15) is 11.4 Å². The van der Waals surface area contributed by atoms with Gasteiger partial charge in [-0.2, -0.15) is 5.10 Å². The Morgan fingerprint density at radius 2 is 1.70 bits per heavy atom. The van der Waals surface area contributed by atoms with E-state index in [9.17, 15) is 0 Å². The molecular weight excluding hydrogens is 336 g/mol. The number of hydrogen-bond donors (Lipinski definition) is 1. The second kappa shape index (κ2) is 6.77. The van der Waals surface area contributed by atoms with Crippen molar-refractivity contribution in [1.29, 1.82) is 0 Å². The number of benzene rings is 1. The van der Waals surface area contributed by atoms with Crippen molar-refractivity contribution in [2.75, 3.05) is 12.0 Å². The maximum Gasteiger partial charge on any atom is 0.162 e. The zero-order chi connectivity index (χ0) is 18.4. The summed E-state index contributed by atoms with van der Waals surface area (Å²) in [4.78, 5) is 10.3. The van der Waals surface area contributed by atoms with Gasteiger partial charge in [-0.3, -0.25) is 10.4 Å². The fourth-order valence-corrected chi connectivity index (χ4v) is 5.78. The zero-order valence-electron chi connectivity index (χ0n) is 16.2. The molecule has 0 amide bonds. The summed E-state index contributed by atoms with van der Waals surface area (Å²) in [5.74, 6) is 3.69. The number of rotatable bonds is 4. The van der Waals surface area contributed by atoms with E-state index in [1.165, 1.54) is 43.4 Å². The Morgan fingerprint density at radius 1 is 1.04 bits per heavy atom. The van der Waals surface area contributed by atoms with E-state index in [1.54, 1.807) is 0 Å². The molecule has 6 rings (SSSR count). The summed E-state index contributed by atoms with van der Waals surface area (Å²) >= 11 is 0. The fraction of sp³-hybridized carbons (Fsp3) is 0.591. The van der Waals surface area contributed by atoms with E-state index in [-0.39, 0.29) is 0 Å². The third kappa shape index (κ3) is 3.28. The van der Waals surface area contributed by atoms with Crippen LogP contribution >= 0.6 is 0 Å². The Bertz CT molecular complexity index is 780. The van der Waals surface area contributed by atoms with Crippen molar-refractivity contribution in [3.8, 4) is 0 Å². The van der Waals surface area contributed by atoms with Crippen molar-refractivity contribution in [2.45, 2.75) is 52.0 Å². The average Bonchev–Trinajstić information content (AvgIpc) is 3.07. The summed E-state index contributed by atoms with van der Waals surface area (Å²) in [5, 5.41) is 8.26. The maximum absolute atomic E-state index is 5.23. The molecule has 0 spiro atoms. The predicted molar refractivity (Wildman–Crippen MR) is 110 cm³/mol. The summed E-state index contributed by atoms with van der Waals surface area (Å²) in [6.45, 7) is 4.51. The third-order valence-corrected chi connectivity index (χ3v) is 6.96. The molecule has 1 aromatic rings. The van der Waals surface area contributed by atoms with Crippen LogP contribution in [-0.2, 0) is 4.84 Å². The third-order valence-electron chi connectivity index (χ3n) is 6.96. The topological polar surface area (TPSA) is 58.3 Å². The molecule has 0 radical (unpaired) electrons. The molecule has 0 unspecified atom stereocenters. The van der Waals surface area contributed by atoms with E-state index in [0.29, 0.717) is 12.6 Å². The second-order valence-electron chi connectivity index (χ2n) is 8.83. The van der Waals surface area contributed by atoms with Crippen LogP contribution in [0.1, 0.15) is 51.5 Å². The lowest BCUT2D eigenvalue weighted by molar-refractivity contribution is 0.00128. The first-order valence-electron chi connectivity index (χ1n) is 10.3. The Hall–Kier alpha value is -2.17. The van der Waals surface area contributed by atoms with Crippen molar-refractivity contribution >= 4 is 22.8 Å². The lowest BCUT2D eigenvalue weighted by atomic mass is 9.54. The van der Waals surface area contributed by atoms with Crippen LogP contribution in [0.15, 0.2) is 39.5 Å². The first-order chi connectivity index (χ1) is 13.2. The first kappa shape index (κ1) is 17.0. The number of hydrazone groups is 1. The molecule has 1 aliphatic heterocycles. The largest absolute Gasteiger partial charge is 0.389 e. The number of anilines is 1. The van der Waals surface area contributed by atoms with Gasteiger partial charge in [-0.1, -0.05) is 17.3 Å². The van der Waals surface area contributed by atoms with Crippen LogP contribution < -0.4 is 5.43 Å². The number of nitrogens with one attached hydrogen (secondary N) is 1. The van der Waals surface area contributed by atoms with Gasteiger partial charge in [0.2, 0.25) is 0 Å². The van der Waals surface area contributed by atoms with Crippen molar-refractivity contribution in [3.63, 3.8) is 0 Å². The van der Waals surface area contributed by atoms with Gasteiger partial charge in [0, 0.05) is 5.71 Å². The van der Waals surface area contributed by atoms with Crippen molar-refractivity contribution < 1.29 is 4.84 Å². The molecule has 5 nitrogen and oxygen atoms in total. The van der Waals surface area contributed by atoms with Crippen LogP contribution in [-0.4, -0.2) is 29.8 Å². The van der Waals surface area contributed by atoms with E-state index in [4.69, 9.17) is 9.83 Å². The SMILES string of the molecule is CC1=NOC/C1=N/Nc1ccc(C(C)=NC2C3CC4CC(C3)CC2C4)cc1. The Morgan fingerprint density at radius 3 is 2.30 bits per heavy atom. The van der Waals surface area contributed by atoms with Crippen LogP contribution in [0.5, 0.6) is 0 Å². The van der Waals surface area contributed by atoms with Crippen LogP contribution in [0.25, 0.3) is 0 Å². The number of nitrogens with zero attached hydrogens (tertiary/aromatic N) is 3. The molecule has 142 valence electrons. The molecule has 4 fully saturated rings. The van der Waals surface area contributed by atoms with Gasteiger partial charge in [-0.25, -0.2) is 0 Å². The predicted octanol–water partition coefficient (Wildman–Crippen LogP) is 4.49. The van der Waals surface area contributed by atoms with Gasteiger partial charge in [-0.05, 0) is 87.3 Å². The van der Waals surface area contributed by atoms with Crippen molar-refractivity contribution in [3.05, 3.63) is 29.8 Å². The Kier molecular flexibility index (Phi) is 4.25. The molecule has 1 aromatic carbocycles. The van der Waals surface area contributed by atoms with E-state index in [2.05, 4.69) is 46.9 Å². The highest BCUT2D eigenvalue weighted by Gasteiger charge is 2.48. The first-order valence-corrected chi connectivity index (χ1v) is 10.3. The summed E-state index contributed by atoms with van der Waals surface area (Å²) in [6, 6.07) is 8.98. The molecule has 0 aromatic heterocycles. The molecule has 27 heavy (non-hydrogen) atoms. The minimum Gasteiger partial charge on any atom is -0.389 e. The highest BCUT2D eigenvalue weighted by atomic mass is 16.6. The maximum atomic E-state index is 5.23. The van der Waals surface area contributed by atoms with Crippen molar-refractivity contribution in [2.24, 2.45) is 38.9 Å². The molecule has 5 heteroatoms. The van der Waals surface area contributed by atoms with E-state index >= 15 is 0 Å². The quantitative estimate of drug-likeness (QED) is 0.632. The molecule has 0 saturated heterocycles. The molecule has 4 saturated carbocycles. The normalized spacial score (nSPS) is 36.1. The summed E-state index contributed by atoms with van der Waals surface area (Å²) < 4.78 is 0. The van der Waals surface area contributed by atoms with E-state index in [1.807, 2.05) is 6.92 Å². The van der Waals surface area contributed by atoms with Crippen molar-refractivity contribution in [1.82, 2.24) is 0 Å². The molecule has 1 heterocycles. The molecule has 4 aliphatic carbocycles. The van der Waals surface area contributed by atoms with Crippen LogP contribution in [0.2, 0.25) is 0 Å². The zero-order valence-corrected chi connectivity index (χ0v) is 16.2. The van der Waals surface area contributed by atoms with E-state index < -0.39 is 0 Å². The van der Waals surface area contributed by atoms with Gasteiger partial charge < -0.3 is 4.84 Å². The molecule has 0 atom stereocenters. The number of oxime groups is 1. The number of aliphatic imine (C=N–C) groups is 1. The Balaban J connectivity index is 1.27. The second-order valence-corrected chi connectivity index (χ2v) is 8.83. The minimum absolute atomic E-state index is 0.439. The smallest absolute Gasteiger partial charge is 0.162 e.